The molecule has 6 rings (SSSR count). The number of carbonyl (C=O) groups is 2. The molecule has 0 bridgehead atoms. The Morgan fingerprint density at radius 2 is 1.65 bits per heavy atom. The van der Waals surface area contributed by atoms with Gasteiger partial charge in [-0.1, -0.05) is 61.5 Å². The first-order valence-corrected chi connectivity index (χ1v) is 23.3. The largest absolute Gasteiger partial charge is 0.481 e. The number of carboxylic acid groups (broad SMARTS) is 1. The molecule has 15 heteroatoms. The summed E-state index contributed by atoms with van der Waals surface area (Å²) in [4.78, 5) is 25.2. The van der Waals surface area contributed by atoms with Gasteiger partial charge in [-0.15, -0.1) is 0 Å². The number of aliphatic hydroxyl groups is 4. The molecule has 20 atom stereocenters. The van der Waals surface area contributed by atoms with Crippen LogP contribution in [0.1, 0.15) is 133 Å². The molecule has 15 nitrogen and oxygen atoms in total. The van der Waals surface area contributed by atoms with E-state index in [-0.39, 0.29) is 61.7 Å². The van der Waals surface area contributed by atoms with Crippen molar-refractivity contribution < 1.29 is 73.0 Å². The van der Waals surface area contributed by atoms with E-state index in [2.05, 4.69) is 20.8 Å². The Morgan fingerprint density at radius 1 is 0.935 bits per heavy atom. The lowest BCUT2D eigenvalue weighted by atomic mass is 9.72. The highest BCUT2D eigenvalue weighted by atomic mass is 16.8. The fourth-order valence-electron chi connectivity index (χ4n) is 11.6. The minimum Gasteiger partial charge on any atom is -0.481 e. The molecule has 0 aromatic carbocycles. The molecule has 6 aliphatic rings. The van der Waals surface area contributed by atoms with Gasteiger partial charge in [0.05, 0.1) is 67.5 Å². The van der Waals surface area contributed by atoms with Gasteiger partial charge in [-0.3, -0.25) is 9.59 Å². The molecule has 0 aromatic rings. The molecule has 6 saturated heterocycles. The molecule has 0 radical (unpaired) electrons. The molecular weight excluding hydrogens is 805 g/mol. The zero-order valence-corrected chi connectivity index (χ0v) is 39.0. The lowest BCUT2D eigenvalue weighted by Crippen LogP contribution is -2.63. The molecule has 62 heavy (non-hydrogen) atoms. The molecule has 0 aromatic heterocycles. The third-order valence-electron chi connectivity index (χ3n) is 15.8. The summed E-state index contributed by atoms with van der Waals surface area (Å²) in [6, 6.07) is 0. The first kappa shape index (κ1) is 49.8. The van der Waals surface area contributed by atoms with Crippen molar-refractivity contribution in [2.45, 2.75) is 212 Å². The van der Waals surface area contributed by atoms with E-state index in [0.29, 0.717) is 44.1 Å². The van der Waals surface area contributed by atoms with Gasteiger partial charge in [-0.05, 0) is 63.9 Å². The molecule has 0 aliphatic carbocycles. The Bertz CT molecular complexity index is 1600. The van der Waals surface area contributed by atoms with Gasteiger partial charge in [0.25, 0.3) is 0 Å². The molecule has 6 heterocycles. The van der Waals surface area contributed by atoms with Gasteiger partial charge in [0.2, 0.25) is 0 Å². The third-order valence-corrected chi connectivity index (χ3v) is 15.8. The van der Waals surface area contributed by atoms with Crippen molar-refractivity contribution in [3.63, 3.8) is 0 Å². The number of rotatable bonds is 14. The zero-order chi connectivity index (χ0) is 45.7. The summed E-state index contributed by atoms with van der Waals surface area (Å²) in [5.41, 5.74) is -1.14. The lowest BCUT2D eigenvalue weighted by Gasteiger charge is -2.54. The molecule has 6 fully saturated rings. The van der Waals surface area contributed by atoms with Crippen LogP contribution in [0.2, 0.25) is 0 Å². The summed E-state index contributed by atoms with van der Waals surface area (Å²) < 4.78 is 53.0. The quantitative estimate of drug-likeness (QED) is 0.141. The number of Topliss-reactive ketones (excluding diaryl/α,β-unsaturated/α-hetero) is 1. The van der Waals surface area contributed by atoms with Crippen LogP contribution >= 0.6 is 0 Å². The smallest absolute Gasteiger partial charge is 0.306 e. The first-order valence-electron chi connectivity index (χ1n) is 23.3. The number of aliphatic hydroxyl groups excluding tert-OH is 3. The van der Waals surface area contributed by atoms with Gasteiger partial charge < -0.3 is 63.4 Å². The van der Waals surface area contributed by atoms with Crippen LogP contribution in [0.25, 0.3) is 0 Å². The van der Waals surface area contributed by atoms with Crippen LogP contribution in [-0.4, -0.2) is 136 Å². The third kappa shape index (κ3) is 9.62. The van der Waals surface area contributed by atoms with Gasteiger partial charge in [-0.2, -0.15) is 0 Å². The number of methoxy groups -OCH3 is 1. The summed E-state index contributed by atoms with van der Waals surface area (Å²) >= 11 is 0. The van der Waals surface area contributed by atoms with Gasteiger partial charge in [-0.25, -0.2) is 0 Å². The average molecular weight is 883 g/mol. The van der Waals surface area contributed by atoms with Crippen molar-refractivity contribution in [1.29, 1.82) is 0 Å². The normalized spacial score (nSPS) is 48.7. The van der Waals surface area contributed by atoms with Crippen molar-refractivity contribution in [2.24, 2.45) is 40.9 Å². The molecule has 356 valence electrons. The second-order valence-electron chi connectivity index (χ2n) is 20.8. The zero-order valence-electron chi connectivity index (χ0n) is 39.0. The minimum atomic E-state index is -1.69. The van der Waals surface area contributed by atoms with Crippen LogP contribution in [0.15, 0.2) is 11.6 Å². The van der Waals surface area contributed by atoms with E-state index in [1.165, 1.54) is 0 Å². The SMILES string of the molecule is CCC=C(CC1(C)COC2(CCC(C)(C3CC(OC4CC(O)C(OC)C(C)O4)C(C)C4(OC(C5OC(O)(CO)C(C)CC5C)CC4C)O3)O2)CC1O)C(=O)C(C)CC(C)C(=O)O. The Kier molecular flexibility index (Phi) is 15.2. The highest BCUT2D eigenvalue weighted by Gasteiger charge is 2.65. The van der Waals surface area contributed by atoms with E-state index in [1.807, 2.05) is 40.7 Å². The number of hydrogen-bond donors (Lipinski definition) is 5. The highest BCUT2D eigenvalue weighted by molar-refractivity contribution is 5.97. The molecule has 0 amide bonds. The van der Waals surface area contributed by atoms with Crippen LogP contribution in [-0.2, 0) is 47.5 Å². The van der Waals surface area contributed by atoms with Crippen molar-refractivity contribution in [1.82, 2.24) is 0 Å². The number of carbonyl (C=O) groups excluding carboxylic acids is 1. The van der Waals surface area contributed by atoms with Crippen LogP contribution in [0, 0.1) is 40.9 Å². The Labute approximate surface area is 368 Å². The van der Waals surface area contributed by atoms with Gasteiger partial charge in [0.1, 0.15) is 6.10 Å². The molecule has 6 aliphatic heterocycles. The Hall–Kier alpha value is -1.60. The van der Waals surface area contributed by atoms with Gasteiger partial charge in [0, 0.05) is 61.9 Å². The fraction of sp³-hybridized carbons (Fsp3) is 0.915. The van der Waals surface area contributed by atoms with Crippen LogP contribution in [0.5, 0.6) is 0 Å². The second-order valence-corrected chi connectivity index (χ2v) is 20.8. The second kappa shape index (κ2) is 18.9. The predicted molar refractivity (Wildman–Crippen MR) is 225 cm³/mol. The summed E-state index contributed by atoms with van der Waals surface area (Å²) in [5, 5.41) is 53.8. The minimum absolute atomic E-state index is 0.0325. The maximum atomic E-state index is 13.7. The van der Waals surface area contributed by atoms with Crippen molar-refractivity contribution in [3.8, 4) is 0 Å². The van der Waals surface area contributed by atoms with Crippen molar-refractivity contribution in [3.05, 3.63) is 11.6 Å². The first-order chi connectivity index (χ1) is 29.0. The van der Waals surface area contributed by atoms with Crippen molar-refractivity contribution >= 4 is 11.8 Å². The number of ether oxygens (including phenoxy) is 8. The topological polar surface area (TPSA) is 209 Å². The molecular formula is C47H78O15. The van der Waals surface area contributed by atoms with E-state index in [4.69, 9.17) is 37.9 Å². The average Bonchev–Trinajstić information content (AvgIpc) is 3.72. The van der Waals surface area contributed by atoms with Crippen LogP contribution in [0.3, 0.4) is 0 Å². The van der Waals surface area contributed by atoms with E-state index in [1.54, 1.807) is 21.0 Å². The van der Waals surface area contributed by atoms with Gasteiger partial charge in [0.15, 0.2) is 29.4 Å². The van der Waals surface area contributed by atoms with E-state index < -0.39 is 108 Å². The Balaban J connectivity index is 1.22. The standard InChI is InChI=1S/C47H78O15/c1-12-13-32(39(51)25(2)16-27(4)42(52)53)21-43(9)24-56-45(22-36(43)50)15-14-44(10,62-45)37-20-34(58-38-19-33(49)41(55-11)31(8)57-38)30(7)47(60-37)29(6)18-35(59-47)40-26(3)17-28(5)46(54,23-48)61-40/h13,25-31,33-38,40-41,48-50,54H,12,14-24H2,1-11H3,(H,52,53). The lowest BCUT2D eigenvalue weighted by molar-refractivity contribution is -0.389. The summed E-state index contributed by atoms with van der Waals surface area (Å²) in [7, 11) is 1.55. The molecule has 5 N–H and O–H groups in total. The molecule has 2 spiro atoms. The number of allylic oxidation sites excluding steroid dienone is 2. The van der Waals surface area contributed by atoms with Crippen LogP contribution < -0.4 is 0 Å². The number of carboxylic acids is 1. The van der Waals surface area contributed by atoms with E-state index >= 15 is 0 Å². The van der Waals surface area contributed by atoms with Gasteiger partial charge >= 0.3 is 5.97 Å². The monoisotopic (exact) mass is 883 g/mol. The molecule has 0 saturated carbocycles. The summed E-state index contributed by atoms with van der Waals surface area (Å²) in [6.45, 7) is 18.8. The highest BCUT2D eigenvalue weighted by Crippen LogP contribution is 2.57. The van der Waals surface area contributed by atoms with Crippen molar-refractivity contribution in [2.75, 3.05) is 20.3 Å². The summed E-state index contributed by atoms with van der Waals surface area (Å²) in [5.74, 6) is -6.88. The van der Waals surface area contributed by atoms with E-state index in [9.17, 15) is 35.1 Å². The number of hydrogen-bond acceptors (Lipinski definition) is 14. The number of ketones is 1. The summed E-state index contributed by atoms with van der Waals surface area (Å²) in [6.07, 6.45) is 0.801. The predicted octanol–water partition coefficient (Wildman–Crippen LogP) is 5.27. The maximum absolute atomic E-state index is 13.7. The fourth-order valence-corrected chi connectivity index (χ4v) is 11.6. The maximum Gasteiger partial charge on any atom is 0.306 e. The molecule has 20 unspecified atom stereocenters. The van der Waals surface area contributed by atoms with Crippen LogP contribution in [0.4, 0.5) is 0 Å². The Morgan fingerprint density at radius 3 is 2.26 bits per heavy atom. The number of aliphatic carboxylic acids is 1. The van der Waals surface area contributed by atoms with E-state index in [0.717, 1.165) is 0 Å².